The molecule has 0 aliphatic carbocycles. The van der Waals surface area contributed by atoms with Crippen molar-refractivity contribution in [3.63, 3.8) is 0 Å². The van der Waals surface area contributed by atoms with Gasteiger partial charge in [0.25, 0.3) is 0 Å². The van der Waals surface area contributed by atoms with Crippen molar-refractivity contribution in [2.24, 2.45) is 0 Å². The first-order valence-electron chi connectivity index (χ1n) is 3.72. The molecule has 0 N–H and O–H groups in total. The van der Waals surface area contributed by atoms with Crippen LogP contribution in [0.5, 0.6) is 0 Å². The van der Waals surface area contributed by atoms with Gasteiger partial charge in [-0.15, -0.1) is 0 Å². The van der Waals surface area contributed by atoms with Crippen LogP contribution in [0.1, 0.15) is 5.56 Å². The maximum Gasteiger partial charge on any atom is 0.159 e. The number of hydrogen-bond acceptors (Lipinski definition) is 1. The summed E-state index contributed by atoms with van der Waals surface area (Å²) in [6.07, 6.45) is 1.53. The fourth-order valence-electron chi connectivity index (χ4n) is 0.923. The summed E-state index contributed by atoms with van der Waals surface area (Å²) in [5.74, 6) is -0.395. The highest BCUT2D eigenvalue weighted by atomic mass is 79.9. The van der Waals surface area contributed by atoms with Gasteiger partial charge < -0.3 is 0 Å². The summed E-state index contributed by atoms with van der Waals surface area (Å²) in [4.78, 5) is 11.0. The molecule has 0 aromatic heterocycles. The van der Waals surface area contributed by atoms with Gasteiger partial charge in [-0.1, -0.05) is 12.6 Å². The highest BCUT2D eigenvalue weighted by Crippen LogP contribution is 2.17. The van der Waals surface area contributed by atoms with E-state index in [0.717, 1.165) is 5.56 Å². The number of rotatable bonds is 3. The minimum atomic E-state index is -0.324. The Labute approximate surface area is 84.4 Å². The average Bonchev–Trinajstić information content (AvgIpc) is 2.11. The molecule has 0 unspecified atom stereocenters. The van der Waals surface area contributed by atoms with Crippen LogP contribution in [0.2, 0.25) is 0 Å². The van der Waals surface area contributed by atoms with E-state index in [1.807, 2.05) is 0 Å². The zero-order valence-corrected chi connectivity index (χ0v) is 8.47. The van der Waals surface area contributed by atoms with E-state index in [9.17, 15) is 9.18 Å². The van der Waals surface area contributed by atoms with Gasteiger partial charge in [0.05, 0.1) is 4.47 Å². The summed E-state index contributed by atoms with van der Waals surface area (Å²) in [7, 11) is 0. The molecule has 0 saturated carbocycles. The average molecular weight is 243 g/mol. The highest BCUT2D eigenvalue weighted by molar-refractivity contribution is 9.10. The number of benzene rings is 1. The Morgan fingerprint density at radius 3 is 2.85 bits per heavy atom. The maximum atomic E-state index is 12.8. The third kappa shape index (κ3) is 2.77. The van der Waals surface area contributed by atoms with Crippen LogP contribution >= 0.6 is 15.9 Å². The second-order valence-electron chi connectivity index (χ2n) is 2.60. The van der Waals surface area contributed by atoms with Gasteiger partial charge in [0.2, 0.25) is 0 Å². The lowest BCUT2D eigenvalue weighted by Gasteiger charge is -1.99. The molecule has 1 aromatic carbocycles. The topological polar surface area (TPSA) is 17.1 Å². The maximum absolute atomic E-state index is 12.8. The van der Waals surface area contributed by atoms with Crippen molar-refractivity contribution in [3.05, 3.63) is 46.7 Å². The van der Waals surface area contributed by atoms with Crippen molar-refractivity contribution in [2.75, 3.05) is 0 Å². The van der Waals surface area contributed by atoms with E-state index >= 15 is 0 Å². The number of halogens is 2. The summed E-state index contributed by atoms with van der Waals surface area (Å²) in [6, 6.07) is 4.51. The minimum absolute atomic E-state index is 0.0708. The molecule has 1 nitrogen and oxygen atoms in total. The van der Waals surface area contributed by atoms with E-state index in [1.165, 1.54) is 12.1 Å². The lowest BCUT2D eigenvalue weighted by atomic mass is 10.1. The summed E-state index contributed by atoms with van der Waals surface area (Å²) in [5.41, 5.74) is 0.776. The van der Waals surface area contributed by atoms with Gasteiger partial charge in [0.15, 0.2) is 5.78 Å². The van der Waals surface area contributed by atoms with Crippen molar-refractivity contribution in [1.29, 1.82) is 0 Å². The number of allylic oxidation sites excluding steroid dienone is 1. The van der Waals surface area contributed by atoms with E-state index in [0.29, 0.717) is 4.47 Å². The van der Waals surface area contributed by atoms with E-state index in [2.05, 4.69) is 22.5 Å². The van der Waals surface area contributed by atoms with Gasteiger partial charge in [-0.2, -0.15) is 0 Å². The normalized spacial score (nSPS) is 9.69. The fourth-order valence-corrected chi connectivity index (χ4v) is 1.35. The third-order valence-corrected chi connectivity index (χ3v) is 2.20. The predicted molar refractivity (Wildman–Crippen MR) is 53.0 cm³/mol. The van der Waals surface area contributed by atoms with E-state index in [1.54, 1.807) is 12.1 Å². The molecule has 0 amide bonds. The molecule has 0 spiro atoms. The fraction of sp³-hybridized carbons (Fsp3) is 0.100. The smallest absolute Gasteiger partial charge is 0.159 e. The monoisotopic (exact) mass is 242 g/mol. The molecule has 0 heterocycles. The number of carbonyl (C=O) groups is 1. The molecule has 68 valence electrons. The van der Waals surface area contributed by atoms with Crippen molar-refractivity contribution < 1.29 is 9.18 Å². The molecule has 0 aliphatic heterocycles. The lowest BCUT2D eigenvalue weighted by molar-refractivity contribution is -0.114. The van der Waals surface area contributed by atoms with E-state index in [4.69, 9.17) is 0 Å². The summed E-state index contributed by atoms with van der Waals surface area (Å²) >= 11 is 3.05. The predicted octanol–water partition coefficient (Wildman–Crippen LogP) is 2.89. The van der Waals surface area contributed by atoms with Crippen LogP contribution in [-0.2, 0) is 11.2 Å². The molecule has 0 atom stereocenters. The first-order valence-corrected chi connectivity index (χ1v) is 4.52. The Bertz CT molecular complexity index is 347. The lowest BCUT2D eigenvalue weighted by Crippen LogP contribution is -1.97. The molecule has 1 aromatic rings. The summed E-state index contributed by atoms with van der Waals surface area (Å²) < 4.78 is 13.1. The molecule has 3 heteroatoms. The van der Waals surface area contributed by atoms with Gasteiger partial charge in [0, 0.05) is 6.42 Å². The Balaban J connectivity index is 2.85. The zero-order valence-electron chi connectivity index (χ0n) is 6.89. The van der Waals surface area contributed by atoms with Crippen molar-refractivity contribution in [2.45, 2.75) is 6.42 Å². The van der Waals surface area contributed by atoms with Gasteiger partial charge >= 0.3 is 0 Å². The van der Waals surface area contributed by atoms with Crippen molar-refractivity contribution in [1.82, 2.24) is 0 Å². The van der Waals surface area contributed by atoms with E-state index in [-0.39, 0.29) is 18.0 Å². The van der Waals surface area contributed by atoms with E-state index < -0.39 is 0 Å². The Morgan fingerprint density at radius 1 is 1.62 bits per heavy atom. The van der Waals surface area contributed by atoms with Gasteiger partial charge in [0.1, 0.15) is 5.82 Å². The van der Waals surface area contributed by atoms with Crippen LogP contribution in [0.25, 0.3) is 0 Å². The molecular formula is C10H8BrFO. The largest absolute Gasteiger partial charge is 0.295 e. The highest BCUT2D eigenvalue weighted by Gasteiger charge is 2.02. The van der Waals surface area contributed by atoms with Gasteiger partial charge in [-0.3, -0.25) is 4.79 Å². The second kappa shape index (κ2) is 4.33. The molecule has 0 bridgehead atoms. The number of hydrogen-bond donors (Lipinski definition) is 0. The molecule has 0 saturated heterocycles. The number of ketones is 1. The molecule has 1 rings (SSSR count). The van der Waals surface area contributed by atoms with Crippen LogP contribution < -0.4 is 0 Å². The molecule has 0 fully saturated rings. The quantitative estimate of drug-likeness (QED) is 0.746. The molecule has 0 radical (unpaired) electrons. The first-order chi connectivity index (χ1) is 6.13. The van der Waals surface area contributed by atoms with Crippen LogP contribution in [0.3, 0.4) is 0 Å². The summed E-state index contributed by atoms with van der Waals surface area (Å²) in [5, 5.41) is 0. The second-order valence-corrected chi connectivity index (χ2v) is 3.45. The SMILES string of the molecule is C=CC(=O)Cc1ccc(F)c(Br)c1. The van der Waals surface area contributed by atoms with Gasteiger partial charge in [-0.25, -0.2) is 4.39 Å². The Kier molecular flexibility index (Phi) is 3.37. The van der Waals surface area contributed by atoms with Crippen LogP contribution in [0, 0.1) is 5.82 Å². The molecular weight excluding hydrogens is 235 g/mol. The minimum Gasteiger partial charge on any atom is -0.295 e. The standard InChI is InChI=1S/C10H8BrFO/c1-2-8(13)5-7-3-4-10(12)9(11)6-7/h2-4,6H,1,5H2. The summed E-state index contributed by atoms with van der Waals surface area (Å²) in [6.45, 7) is 3.36. The molecule has 13 heavy (non-hydrogen) atoms. The van der Waals surface area contributed by atoms with Crippen LogP contribution in [0.4, 0.5) is 4.39 Å². The third-order valence-electron chi connectivity index (χ3n) is 1.59. The Morgan fingerprint density at radius 2 is 2.31 bits per heavy atom. The number of carbonyl (C=O) groups excluding carboxylic acids is 1. The van der Waals surface area contributed by atoms with Crippen molar-refractivity contribution >= 4 is 21.7 Å². The van der Waals surface area contributed by atoms with Crippen LogP contribution in [0.15, 0.2) is 35.3 Å². The van der Waals surface area contributed by atoms with Crippen LogP contribution in [-0.4, -0.2) is 5.78 Å². The molecule has 0 aliphatic rings. The first kappa shape index (κ1) is 10.1. The Hall–Kier alpha value is -0.960. The van der Waals surface area contributed by atoms with Gasteiger partial charge in [-0.05, 0) is 39.7 Å². The van der Waals surface area contributed by atoms with Crippen molar-refractivity contribution in [3.8, 4) is 0 Å². The zero-order chi connectivity index (χ0) is 9.84.